The molecule has 8 aromatic carbocycles. The summed E-state index contributed by atoms with van der Waals surface area (Å²) >= 11 is 1.74. The van der Waals surface area contributed by atoms with Gasteiger partial charge in [0.1, 0.15) is 0 Å². The summed E-state index contributed by atoms with van der Waals surface area (Å²) in [4.78, 5) is 15.2. The Labute approximate surface area is 336 Å². The third-order valence-electron chi connectivity index (χ3n) is 10.2. The first-order valence-electron chi connectivity index (χ1n) is 21.3. The predicted molar refractivity (Wildman–Crippen MR) is 234 cm³/mol. The normalized spacial score (nSPS) is 13.1. The molecule has 56 heavy (non-hydrogen) atoms. The van der Waals surface area contributed by atoms with E-state index >= 15 is 0 Å². The summed E-state index contributed by atoms with van der Waals surface area (Å²) in [5.74, 6) is 1.47. The zero-order valence-electron chi connectivity index (χ0n) is 35.7. The number of hydrogen-bond acceptors (Lipinski definition) is 4. The largest absolute Gasteiger partial charge is 0.309 e. The van der Waals surface area contributed by atoms with E-state index in [4.69, 9.17) is 20.4 Å². The fourth-order valence-corrected chi connectivity index (χ4v) is 8.92. The van der Waals surface area contributed by atoms with Gasteiger partial charge in [0.2, 0.25) is 0 Å². The highest BCUT2D eigenvalue weighted by Gasteiger charge is 2.21. The van der Waals surface area contributed by atoms with Crippen molar-refractivity contribution in [3.05, 3.63) is 194 Å². The third kappa shape index (κ3) is 5.32. The van der Waals surface area contributed by atoms with E-state index in [0.29, 0.717) is 28.7 Å². The van der Waals surface area contributed by atoms with Crippen LogP contribution in [-0.2, 0) is 0 Å². The minimum atomic E-state index is -0.168. The topological polar surface area (TPSA) is 43.6 Å². The van der Waals surface area contributed by atoms with Gasteiger partial charge in [0, 0.05) is 53.2 Å². The Balaban J connectivity index is 1.25. The Morgan fingerprint density at radius 1 is 0.411 bits per heavy atom. The van der Waals surface area contributed by atoms with Crippen LogP contribution in [0.4, 0.5) is 0 Å². The highest BCUT2D eigenvalue weighted by Crippen LogP contribution is 2.44. The molecule has 0 fully saturated rings. The number of nitrogens with zero attached hydrogens (tertiary/aromatic N) is 4. The molecule has 0 atom stereocenters. The Hall–Kier alpha value is -7.21. The van der Waals surface area contributed by atoms with Crippen LogP contribution in [0.3, 0.4) is 0 Å². The summed E-state index contributed by atoms with van der Waals surface area (Å²) in [6, 6.07) is 50.3. The summed E-state index contributed by atoms with van der Waals surface area (Å²) in [7, 11) is 0. The lowest BCUT2D eigenvalue weighted by Crippen LogP contribution is -2.02. The van der Waals surface area contributed by atoms with Crippen LogP contribution in [0.1, 0.15) is 8.22 Å². The Morgan fingerprint density at radius 3 is 1.68 bits per heavy atom. The average molecular weight is 739 g/mol. The molecular formula is C51H32N4S. The van der Waals surface area contributed by atoms with Crippen LogP contribution >= 0.6 is 11.3 Å². The van der Waals surface area contributed by atoms with E-state index in [2.05, 4.69) is 48.5 Å². The predicted octanol–water partition coefficient (Wildman–Crippen LogP) is 13.7. The van der Waals surface area contributed by atoms with E-state index in [0.717, 1.165) is 43.5 Å². The standard InChI is InChI=1S/C51H32N4S/c1-3-16-33(17-4-1)49-52-50(34-18-5-2-6-19-34)54-51(53-49)42-24-8-7-20-37(42)43-32-35(36-25-15-26-41-40-23-11-14-29-47(40)56-48(36)41)30-31-46(43)55-44-27-12-9-21-38(44)39-22-10-13-28-45(39)55/h1-32H/i9D,10D,21D,22D,27D,28D. The molecule has 0 saturated heterocycles. The monoisotopic (exact) mass is 738 g/mol. The Bertz CT molecular complexity index is 3480. The molecule has 0 spiro atoms. The zero-order chi connectivity index (χ0) is 42.2. The van der Waals surface area contributed by atoms with Gasteiger partial charge in [-0.05, 0) is 47.0 Å². The van der Waals surface area contributed by atoms with Crippen molar-refractivity contribution in [1.82, 2.24) is 19.5 Å². The van der Waals surface area contributed by atoms with Crippen molar-refractivity contribution in [2.45, 2.75) is 0 Å². The van der Waals surface area contributed by atoms with E-state index in [1.807, 2.05) is 97.1 Å². The molecule has 11 aromatic rings. The maximum Gasteiger partial charge on any atom is 0.164 e. The number of rotatable bonds is 6. The van der Waals surface area contributed by atoms with Gasteiger partial charge in [-0.1, -0.05) is 164 Å². The fourth-order valence-electron chi connectivity index (χ4n) is 7.69. The summed E-state index contributed by atoms with van der Waals surface area (Å²) in [6.45, 7) is 0. The second-order valence-electron chi connectivity index (χ2n) is 13.5. The summed E-state index contributed by atoms with van der Waals surface area (Å²) in [5.41, 5.74) is 6.98. The molecule has 0 aliphatic carbocycles. The number of fused-ring (bicyclic) bond motifs is 6. The number of thiophene rings is 1. The van der Waals surface area contributed by atoms with Crippen LogP contribution in [0.5, 0.6) is 0 Å². The zero-order valence-corrected chi connectivity index (χ0v) is 30.5. The average Bonchev–Trinajstić information content (AvgIpc) is 3.88. The first-order valence-corrected chi connectivity index (χ1v) is 19.1. The molecule has 3 aromatic heterocycles. The first kappa shape index (κ1) is 26.5. The number of para-hydroxylation sites is 2. The number of aromatic nitrogens is 4. The van der Waals surface area contributed by atoms with Crippen molar-refractivity contribution in [2.75, 3.05) is 0 Å². The fraction of sp³-hybridized carbons (Fsp3) is 0. The van der Waals surface area contributed by atoms with Crippen LogP contribution in [0, 0.1) is 0 Å². The number of hydrogen-bond donors (Lipinski definition) is 0. The molecule has 262 valence electrons. The van der Waals surface area contributed by atoms with Gasteiger partial charge in [-0.25, -0.2) is 15.0 Å². The van der Waals surface area contributed by atoms with E-state index in [9.17, 15) is 2.74 Å². The molecule has 11 rings (SSSR count). The van der Waals surface area contributed by atoms with Crippen LogP contribution in [0.25, 0.3) is 104 Å². The maximum atomic E-state index is 9.28. The van der Waals surface area contributed by atoms with Crippen LogP contribution in [0.15, 0.2) is 194 Å². The molecule has 0 bridgehead atoms. The van der Waals surface area contributed by atoms with Crippen LogP contribution in [0.2, 0.25) is 0 Å². The summed E-state index contributed by atoms with van der Waals surface area (Å²) in [6.07, 6.45) is 0. The van der Waals surface area contributed by atoms with E-state index in [1.165, 1.54) is 22.2 Å². The molecule has 0 amide bonds. The van der Waals surface area contributed by atoms with Gasteiger partial charge >= 0.3 is 0 Å². The third-order valence-corrected chi connectivity index (χ3v) is 11.5. The van der Waals surface area contributed by atoms with E-state index in [1.54, 1.807) is 15.9 Å². The second kappa shape index (κ2) is 13.3. The molecule has 0 radical (unpaired) electrons. The molecule has 0 aliphatic heterocycles. The van der Waals surface area contributed by atoms with Crippen molar-refractivity contribution >= 4 is 53.3 Å². The van der Waals surface area contributed by atoms with Crippen molar-refractivity contribution < 1.29 is 8.22 Å². The highest BCUT2D eigenvalue weighted by molar-refractivity contribution is 7.26. The van der Waals surface area contributed by atoms with Gasteiger partial charge in [-0.15, -0.1) is 11.3 Å². The Kier molecular flexibility index (Phi) is 6.29. The lowest BCUT2D eigenvalue weighted by Gasteiger charge is -2.18. The second-order valence-corrected chi connectivity index (χ2v) is 14.5. The minimum Gasteiger partial charge on any atom is -0.309 e. The SMILES string of the molecule is [2H]c1cc([2H])c2c(c1[2H])c1c([2H])c([2H])cc([2H])c1n2-c1ccc(-c2cccc3c2sc2ccccc23)cc1-c1ccccc1-c1nc(-c2ccccc2)nc(-c2ccccc2)n1. The lowest BCUT2D eigenvalue weighted by atomic mass is 9.93. The van der Waals surface area contributed by atoms with Gasteiger partial charge < -0.3 is 4.57 Å². The molecule has 4 nitrogen and oxygen atoms in total. The smallest absolute Gasteiger partial charge is 0.164 e. The van der Waals surface area contributed by atoms with Crippen molar-refractivity contribution in [2.24, 2.45) is 0 Å². The van der Waals surface area contributed by atoms with Crippen molar-refractivity contribution in [1.29, 1.82) is 0 Å². The maximum absolute atomic E-state index is 9.28. The van der Waals surface area contributed by atoms with Gasteiger partial charge in [-0.2, -0.15) is 0 Å². The molecular weight excluding hydrogens is 701 g/mol. The van der Waals surface area contributed by atoms with E-state index < -0.39 is 0 Å². The number of benzene rings is 8. The summed E-state index contributed by atoms with van der Waals surface area (Å²) < 4.78 is 58.1. The van der Waals surface area contributed by atoms with Crippen molar-refractivity contribution in [3.8, 4) is 62.1 Å². The van der Waals surface area contributed by atoms with Crippen LogP contribution < -0.4 is 0 Å². The van der Waals surface area contributed by atoms with Crippen LogP contribution in [-0.4, -0.2) is 19.5 Å². The molecule has 0 saturated carbocycles. The minimum absolute atomic E-state index is 0.0293. The molecule has 0 unspecified atom stereocenters. The first-order chi connectivity index (χ1) is 30.2. The van der Waals surface area contributed by atoms with E-state index in [-0.39, 0.29) is 58.1 Å². The highest BCUT2D eigenvalue weighted by atomic mass is 32.1. The molecule has 5 heteroatoms. The molecule has 0 aliphatic rings. The quantitative estimate of drug-likeness (QED) is 0.171. The lowest BCUT2D eigenvalue weighted by molar-refractivity contribution is 1.07. The van der Waals surface area contributed by atoms with Gasteiger partial charge in [0.15, 0.2) is 17.5 Å². The molecule has 3 heterocycles. The van der Waals surface area contributed by atoms with Gasteiger partial charge in [0.25, 0.3) is 0 Å². The molecule has 0 N–H and O–H groups in total. The van der Waals surface area contributed by atoms with Crippen molar-refractivity contribution in [3.63, 3.8) is 0 Å². The van der Waals surface area contributed by atoms with Gasteiger partial charge in [-0.3, -0.25) is 0 Å². The summed E-state index contributed by atoms with van der Waals surface area (Å²) in [5, 5.41) is 2.73. The van der Waals surface area contributed by atoms with Gasteiger partial charge in [0.05, 0.1) is 24.9 Å². The Morgan fingerprint density at radius 2 is 0.982 bits per heavy atom.